The number of nitrogens with zero attached hydrogens (tertiary/aromatic N) is 2. The van der Waals surface area contributed by atoms with Gasteiger partial charge in [-0.05, 0) is 29.8 Å². The SMILES string of the molecule is COc1nc(NCC(C)(C)C(N)=O)ncc1Br. The van der Waals surface area contributed by atoms with Crippen molar-refractivity contribution in [1.82, 2.24) is 9.97 Å². The quantitative estimate of drug-likeness (QED) is 0.852. The molecule has 1 heterocycles. The Hall–Kier alpha value is -1.37. The highest BCUT2D eigenvalue weighted by molar-refractivity contribution is 9.10. The standard InChI is InChI=1S/C10H15BrN4O2/c1-10(2,8(12)16)5-14-9-13-4-6(11)7(15-9)17-3/h4H,5H2,1-3H3,(H2,12,16)(H,13,14,15). The highest BCUT2D eigenvalue weighted by Crippen LogP contribution is 2.22. The van der Waals surface area contributed by atoms with Crippen molar-refractivity contribution in [3.63, 3.8) is 0 Å². The molecule has 0 unspecified atom stereocenters. The maximum absolute atomic E-state index is 11.1. The van der Waals surface area contributed by atoms with Gasteiger partial charge in [0.2, 0.25) is 17.7 Å². The molecule has 0 radical (unpaired) electrons. The zero-order valence-electron chi connectivity index (χ0n) is 9.95. The summed E-state index contributed by atoms with van der Waals surface area (Å²) in [5.74, 6) is 0.438. The molecule has 0 spiro atoms. The van der Waals surface area contributed by atoms with Crippen molar-refractivity contribution in [2.45, 2.75) is 13.8 Å². The van der Waals surface area contributed by atoms with Gasteiger partial charge in [0.1, 0.15) is 0 Å². The summed E-state index contributed by atoms with van der Waals surface area (Å²) in [5.41, 5.74) is 4.60. The van der Waals surface area contributed by atoms with Crippen LogP contribution < -0.4 is 15.8 Å². The molecule has 0 atom stereocenters. The van der Waals surface area contributed by atoms with E-state index in [0.29, 0.717) is 22.8 Å². The molecule has 1 aromatic heterocycles. The first-order valence-electron chi connectivity index (χ1n) is 4.97. The highest BCUT2D eigenvalue weighted by Gasteiger charge is 2.24. The van der Waals surface area contributed by atoms with E-state index in [2.05, 4.69) is 31.2 Å². The number of halogens is 1. The lowest BCUT2D eigenvalue weighted by Gasteiger charge is -2.20. The first kappa shape index (κ1) is 13.7. The van der Waals surface area contributed by atoms with Crippen LogP contribution in [0.4, 0.5) is 5.95 Å². The van der Waals surface area contributed by atoms with Crippen molar-refractivity contribution < 1.29 is 9.53 Å². The minimum absolute atomic E-state index is 0.354. The number of amides is 1. The van der Waals surface area contributed by atoms with Crippen LogP contribution in [0, 0.1) is 5.41 Å². The number of anilines is 1. The van der Waals surface area contributed by atoms with E-state index < -0.39 is 5.41 Å². The van der Waals surface area contributed by atoms with Crippen LogP contribution in [-0.4, -0.2) is 29.5 Å². The molecule has 3 N–H and O–H groups in total. The lowest BCUT2D eigenvalue weighted by molar-refractivity contribution is -0.125. The summed E-state index contributed by atoms with van der Waals surface area (Å²) >= 11 is 3.25. The van der Waals surface area contributed by atoms with Gasteiger partial charge in [-0.15, -0.1) is 0 Å². The van der Waals surface area contributed by atoms with Gasteiger partial charge in [-0.25, -0.2) is 4.98 Å². The number of hydrogen-bond donors (Lipinski definition) is 2. The average Bonchev–Trinajstić information content (AvgIpc) is 2.28. The zero-order valence-corrected chi connectivity index (χ0v) is 11.5. The van der Waals surface area contributed by atoms with Gasteiger partial charge < -0.3 is 15.8 Å². The molecule has 1 aromatic rings. The van der Waals surface area contributed by atoms with Gasteiger partial charge in [-0.1, -0.05) is 0 Å². The molecule has 7 heteroatoms. The molecule has 0 saturated heterocycles. The van der Waals surface area contributed by atoms with E-state index in [0.717, 1.165) is 0 Å². The molecule has 0 saturated carbocycles. The minimum Gasteiger partial charge on any atom is -0.480 e. The molecule has 1 rings (SSSR count). The van der Waals surface area contributed by atoms with Crippen molar-refractivity contribution in [2.75, 3.05) is 19.0 Å². The maximum atomic E-state index is 11.1. The predicted octanol–water partition coefficient (Wildman–Crippen LogP) is 1.17. The Labute approximate surface area is 108 Å². The largest absolute Gasteiger partial charge is 0.480 e. The van der Waals surface area contributed by atoms with Crippen molar-refractivity contribution >= 4 is 27.8 Å². The number of carbonyl (C=O) groups is 1. The summed E-state index contributed by atoms with van der Waals surface area (Å²) in [6.45, 7) is 3.85. The van der Waals surface area contributed by atoms with Crippen molar-refractivity contribution in [2.24, 2.45) is 11.1 Å². The summed E-state index contributed by atoms with van der Waals surface area (Å²) in [7, 11) is 1.52. The molecule has 1 amide bonds. The van der Waals surface area contributed by atoms with Gasteiger partial charge in [0, 0.05) is 6.54 Å². The van der Waals surface area contributed by atoms with Gasteiger partial charge in [-0.3, -0.25) is 4.79 Å². The summed E-state index contributed by atoms with van der Waals surface area (Å²) in [6.07, 6.45) is 1.57. The number of aromatic nitrogens is 2. The predicted molar refractivity (Wildman–Crippen MR) is 67.7 cm³/mol. The van der Waals surface area contributed by atoms with Gasteiger partial charge in [-0.2, -0.15) is 4.98 Å². The Morgan fingerprint density at radius 1 is 1.65 bits per heavy atom. The van der Waals surface area contributed by atoms with Crippen molar-refractivity contribution in [1.29, 1.82) is 0 Å². The average molecular weight is 303 g/mol. The molecule has 0 aromatic carbocycles. The topological polar surface area (TPSA) is 90.1 Å². The van der Waals surface area contributed by atoms with Crippen LogP contribution >= 0.6 is 15.9 Å². The van der Waals surface area contributed by atoms with E-state index in [4.69, 9.17) is 10.5 Å². The van der Waals surface area contributed by atoms with Crippen LogP contribution in [0.1, 0.15) is 13.8 Å². The molecule has 17 heavy (non-hydrogen) atoms. The number of nitrogens with two attached hydrogens (primary N) is 1. The van der Waals surface area contributed by atoms with Crippen LogP contribution in [0.15, 0.2) is 10.7 Å². The normalized spacial score (nSPS) is 11.1. The van der Waals surface area contributed by atoms with Gasteiger partial charge in [0.05, 0.1) is 23.2 Å². The number of rotatable bonds is 5. The summed E-state index contributed by atoms with van der Waals surface area (Å²) in [4.78, 5) is 19.3. The number of carbonyl (C=O) groups excluding carboxylic acids is 1. The van der Waals surface area contributed by atoms with E-state index in [1.165, 1.54) is 7.11 Å². The van der Waals surface area contributed by atoms with Crippen molar-refractivity contribution in [3.8, 4) is 5.88 Å². The lowest BCUT2D eigenvalue weighted by atomic mass is 9.93. The smallest absolute Gasteiger partial charge is 0.232 e. The number of hydrogen-bond acceptors (Lipinski definition) is 5. The van der Waals surface area contributed by atoms with Crippen LogP contribution in [0.3, 0.4) is 0 Å². The molecular formula is C10H15BrN4O2. The fourth-order valence-corrected chi connectivity index (χ4v) is 1.32. The molecule has 6 nitrogen and oxygen atoms in total. The van der Waals surface area contributed by atoms with E-state index in [9.17, 15) is 4.79 Å². The fourth-order valence-electron chi connectivity index (χ4n) is 0.967. The second-order valence-corrected chi connectivity index (χ2v) is 5.01. The Bertz CT molecular complexity index is 423. The third-order valence-corrected chi connectivity index (χ3v) is 2.80. The molecule has 0 bridgehead atoms. The van der Waals surface area contributed by atoms with E-state index in [1.807, 2.05) is 0 Å². The molecule has 0 fully saturated rings. The van der Waals surface area contributed by atoms with Gasteiger partial charge in [0.25, 0.3) is 0 Å². The maximum Gasteiger partial charge on any atom is 0.232 e. The van der Waals surface area contributed by atoms with Crippen LogP contribution in [-0.2, 0) is 4.79 Å². The summed E-state index contributed by atoms with van der Waals surface area (Å²) in [6, 6.07) is 0. The molecular weight excluding hydrogens is 288 g/mol. The van der Waals surface area contributed by atoms with E-state index in [-0.39, 0.29) is 5.91 Å². The van der Waals surface area contributed by atoms with Crippen LogP contribution in [0.25, 0.3) is 0 Å². The first-order chi connectivity index (χ1) is 7.86. The Morgan fingerprint density at radius 2 is 2.29 bits per heavy atom. The zero-order chi connectivity index (χ0) is 13.1. The number of primary amides is 1. The van der Waals surface area contributed by atoms with E-state index >= 15 is 0 Å². The van der Waals surface area contributed by atoms with Crippen LogP contribution in [0.5, 0.6) is 5.88 Å². The first-order valence-corrected chi connectivity index (χ1v) is 5.76. The Morgan fingerprint density at radius 3 is 2.82 bits per heavy atom. The third kappa shape index (κ3) is 3.55. The van der Waals surface area contributed by atoms with E-state index in [1.54, 1.807) is 20.0 Å². The summed E-state index contributed by atoms with van der Waals surface area (Å²) in [5, 5.41) is 2.94. The number of methoxy groups -OCH3 is 1. The van der Waals surface area contributed by atoms with Gasteiger partial charge >= 0.3 is 0 Å². The van der Waals surface area contributed by atoms with Crippen LogP contribution in [0.2, 0.25) is 0 Å². The fraction of sp³-hybridized carbons (Fsp3) is 0.500. The third-order valence-electron chi connectivity index (χ3n) is 2.26. The monoisotopic (exact) mass is 302 g/mol. The second kappa shape index (κ2) is 5.31. The Kier molecular flexibility index (Phi) is 4.28. The van der Waals surface area contributed by atoms with Gasteiger partial charge in [0.15, 0.2) is 0 Å². The lowest BCUT2D eigenvalue weighted by Crippen LogP contribution is -2.37. The number of ether oxygens (including phenoxy) is 1. The summed E-state index contributed by atoms with van der Waals surface area (Å²) < 4.78 is 5.70. The highest BCUT2D eigenvalue weighted by atomic mass is 79.9. The molecule has 0 aliphatic rings. The minimum atomic E-state index is -0.663. The Balaban J connectivity index is 2.73. The molecule has 94 valence electrons. The molecule has 0 aliphatic carbocycles. The second-order valence-electron chi connectivity index (χ2n) is 4.15. The van der Waals surface area contributed by atoms with Crippen molar-refractivity contribution in [3.05, 3.63) is 10.7 Å². The number of nitrogens with one attached hydrogen (secondary N) is 1. The molecule has 0 aliphatic heterocycles.